The van der Waals surface area contributed by atoms with E-state index in [9.17, 15) is 9.90 Å². The maximum Gasteiger partial charge on any atom is 0.237 e. The van der Waals surface area contributed by atoms with Crippen molar-refractivity contribution >= 4 is 5.91 Å². The molecule has 0 aromatic rings. The number of amides is 1. The smallest absolute Gasteiger partial charge is 0.237 e. The molecule has 4 nitrogen and oxygen atoms in total. The Balaban J connectivity index is 4.35. The van der Waals surface area contributed by atoms with E-state index in [1.807, 2.05) is 13.8 Å². The fraction of sp³-hybridized carbons (Fsp3) is 0.750. The van der Waals surface area contributed by atoms with E-state index in [1.54, 1.807) is 6.92 Å². The fourth-order valence-corrected chi connectivity index (χ4v) is 1.54. The Morgan fingerprint density at radius 2 is 2.06 bits per heavy atom. The second-order valence-electron chi connectivity index (χ2n) is 3.93. The normalized spacial score (nSPS) is 12.9. The van der Waals surface area contributed by atoms with Gasteiger partial charge in [0.25, 0.3) is 0 Å². The third-order valence-corrected chi connectivity index (χ3v) is 2.94. The van der Waals surface area contributed by atoms with Crippen molar-refractivity contribution in [2.45, 2.75) is 45.2 Å². The van der Waals surface area contributed by atoms with Crippen LogP contribution in [-0.2, 0) is 4.79 Å². The van der Waals surface area contributed by atoms with Gasteiger partial charge in [0.2, 0.25) is 5.91 Å². The van der Waals surface area contributed by atoms with Crippen LogP contribution in [0.3, 0.4) is 0 Å². The molecule has 0 saturated heterocycles. The minimum absolute atomic E-state index is 0.0206. The lowest BCUT2D eigenvalue weighted by Crippen LogP contribution is -2.56. The van der Waals surface area contributed by atoms with Crippen molar-refractivity contribution in [2.24, 2.45) is 0 Å². The zero-order valence-corrected chi connectivity index (χ0v) is 10.3. The molecule has 1 atom stereocenters. The van der Waals surface area contributed by atoms with Gasteiger partial charge in [0, 0.05) is 5.54 Å². The number of terminal acetylenes is 1. The predicted molar refractivity (Wildman–Crippen MR) is 64.8 cm³/mol. The zero-order chi connectivity index (χ0) is 12.6. The van der Waals surface area contributed by atoms with Crippen LogP contribution in [0, 0.1) is 12.3 Å². The van der Waals surface area contributed by atoms with E-state index < -0.39 is 0 Å². The quantitative estimate of drug-likeness (QED) is 0.546. The molecule has 0 radical (unpaired) electrons. The summed E-state index contributed by atoms with van der Waals surface area (Å²) in [4.78, 5) is 11.6. The van der Waals surface area contributed by atoms with Gasteiger partial charge in [-0.2, -0.15) is 0 Å². The number of rotatable bonds is 7. The number of aliphatic hydroxyl groups excluding tert-OH is 1. The molecule has 0 saturated carbocycles. The number of carbonyl (C=O) groups is 1. The number of hydrogen-bond donors (Lipinski definition) is 3. The summed E-state index contributed by atoms with van der Waals surface area (Å²) in [7, 11) is 0. The van der Waals surface area contributed by atoms with Crippen LogP contribution < -0.4 is 10.6 Å². The minimum atomic E-state index is -0.382. The number of nitrogens with one attached hydrogen (secondary N) is 2. The van der Waals surface area contributed by atoms with Crippen LogP contribution in [0.4, 0.5) is 0 Å². The van der Waals surface area contributed by atoms with Gasteiger partial charge >= 0.3 is 0 Å². The molecule has 0 aliphatic carbocycles. The number of carbonyl (C=O) groups excluding carboxylic acids is 1. The third-order valence-electron chi connectivity index (χ3n) is 2.94. The Bertz CT molecular complexity index is 246. The summed E-state index contributed by atoms with van der Waals surface area (Å²) in [5, 5.41) is 15.1. The molecular weight excluding hydrogens is 204 g/mol. The molecule has 0 spiro atoms. The van der Waals surface area contributed by atoms with Crippen molar-refractivity contribution in [3.8, 4) is 12.3 Å². The van der Waals surface area contributed by atoms with Gasteiger partial charge in [0.05, 0.1) is 19.2 Å². The molecular formula is C12H22N2O2. The SMILES string of the molecule is C#CCNC(=O)C(C)NC(CC)(CC)CO. The lowest BCUT2D eigenvalue weighted by molar-refractivity contribution is -0.123. The molecule has 4 heteroatoms. The van der Waals surface area contributed by atoms with Gasteiger partial charge in [-0.15, -0.1) is 6.42 Å². The maximum atomic E-state index is 11.6. The van der Waals surface area contributed by atoms with E-state index >= 15 is 0 Å². The van der Waals surface area contributed by atoms with Crippen LogP contribution in [0.2, 0.25) is 0 Å². The van der Waals surface area contributed by atoms with Crippen LogP contribution in [-0.4, -0.2) is 35.7 Å². The van der Waals surface area contributed by atoms with Gasteiger partial charge in [-0.25, -0.2) is 0 Å². The van der Waals surface area contributed by atoms with Gasteiger partial charge in [-0.1, -0.05) is 19.8 Å². The molecule has 92 valence electrons. The summed E-state index contributed by atoms with van der Waals surface area (Å²) in [5.41, 5.74) is -0.382. The highest BCUT2D eigenvalue weighted by molar-refractivity contribution is 5.81. The first-order valence-electron chi connectivity index (χ1n) is 5.65. The molecule has 3 N–H and O–H groups in total. The van der Waals surface area contributed by atoms with Gasteiger partial charge in [-0.3, -0.25) is 10.1 Å². The molecule has 0 bridgehead atoms. The summed E-state index contributed by atoms with van der Waals surface area (Å²) in [6, 6.07) is -0.361. The van der Waals surface area contributed by atoms with Crippen molar-refractivity contribution in [1.29, 1.82) is 0 Å². The molecule has 1 amide bonds. The zero-order valence-electron chi connectivity index (χ0n) is 10.3. The minimum Gasteiger partial charge on any atom is -0.394 e. The highest BCUT2D eigenvalue weighted by atomic mass is 16.3. The average molecular weight is 226 g/mol. The third kappa shape index (κ3) is 4.21. The van der Waals surface area contributed by atoms with Crippen molar-refractivity contribution < 1.29 is 9.90 Å². The van der Waals surface area contributed by atoms with E-state index in [1.165, 1.54) is 0 Å². The van der Waals surface area contributed by atoms with Gasteiger partial charge < -0.3 is 10.4 Å². The van der Waals surface area contributed by atoms with Crippen molar-refractivity contribution in [3.63, 3.8) is 0 Å². The van der Waals surface area contributed by atoms with Crippen LogP contribution in [0.1, 0.15) is 33.6 Å². The summed E-state index contributed by atoms with van der Waals surface area (Å²) < 4.78 is 0. The summed E-state index contributed by atoms with van der Waals surface area (Å²) in [5.74, 6) is 2.21. The number of aliphatic hydroxyl groups is 1. The lowest BCUT2D eigenvalue weighted by Gasteiger charge is -2.33. The van der Waals surface area contributed by atoms with Gasteiger partial charge in [-0.05, 0) is 19.8 Å². The van der Waals surface area contributed by atoms with Crippen molar-refractivity contribution in [1.82, 2.24) is 10.6 Å². The number of hydrogen-bond acceptors (Lipinski definition) is 3. The van der Waals surface area contributed by atoms with Crippen LogP contribution in [0.15, 0.2) is 0 Å². The first kappa shape index (κ1) is 14.9. The van der Waals surface area contributed by atoms with Crippen molar-refractivity contribution in [2.75, 3.05) is 13.2 Å². The Hall–Kier alpha value is -1.05. The van der Waals surface area contributed by atoms with Crippen LogP contribution >= 0.6 is 0 Å². The van der Waals surface area contributed by atoms with E-state index in [0.717, 1.165) is 12.8 Å². The van der Waals surface area contributed by atoms with E-state index in [0.29, 0.717) is 0 Å². The second kappa shape index (κ2) is 7.26. The maximum absolute atomic E-state index is 11.6. The lowest BCUT2D eigenvalue weighted by atomic mass is 9.93. The summed E-state index contributed by atoms with van der Waals surface area (Å²) >= 11 is 0. The molecule has 0 aromatic carbocycles. The Labute approximate surface area is 97.8 Å². The molecule has 0 rings (SSSR count). The molecule has 0 aliphatic heterocycles. The van der Waals surface area contributed by atoms with E-state index in [4.69, 9.17) is 6.42 Å². The van der Waals surface area contributed by atoms with Crippen molar-refractivity contribution in [3.05, 3.63) is 0 Å². The van der Waals surface area contributed by atoms with Gasteiger partial charge in [0.15, 0.2) is 0 Å². The first-order valence-corrected chi connectivity index (χ1v) is 5.65. The second-order valence-corrected chi connectivity index (χ2v) is 3.93. The van der Waals surface area contributed by atoms with Gasteiger partial charge in [0.1, 0.15) is 0 Å². The summed E-state index contributed by atoms with van der Waals surface area (Å²) in [6.45, 7) is 5.99. The molecule has 0 aliphatic rings. The van der Waals surface area contributed by atoms with E-state index in [-0.39, 0.29) is 30.6 Å². The largest absolute Gasteiger partial charge is 0.394 e. The molecule has 0 aromatic heterocycles. The molecule has 16 heavy (non-hydrogen) atoms. The Kier molecular flexibility index (Phi) is 6.78. The highest BCUT2D eigenvalue weighted by Crippen LogP contribution is 2.14. The standard InChI is InChI=1S/C12H22N2O2/c1-5-8-13-11(16)10(4)14-12(6-2,7-3)9-15/h1,10,14-15H,6-9H2,2-4H3,(H,13,16). The predicted octanol–water partition coefficient (Wildman–Crippen LogP) is 0.265. The fourth-order valence-electron chi connectivity index (χ4n) is 1.54. The highest BCUT2D eigenvalue weighted by Gasteiger charge is 2.28. The van der Waals surface area contributed by atoms with Crippen LogP contribution in [0.5, 0.6) is 0 Å². The van der Waals surface area contributed by atoms with E-state index in [2.05, 4.69) is 16.6 Å². The Morgan fingerprint density at radius 1 is 1.50 bits per heavy atom. The molecule has 0 heterocycles. The monoisotopic (exact) mass is 226 g/mol. The van der Waals surface area contributed by atoms with Crippen LogP contribution in [0.25, 0.3) is 0 Å². The average Bonchev–Trinajstić information content (AvgIpc) is 2.32. The molecule has 1 unspecified atom stereocenters. The first-order chi connectivity index (χ1) is 7.55. The topological polar surface area (TPSA) is 61.4 Å². The molecule has 0 fully saturated rings. The summed E-state index contributed by atoms with van der Waals surface area (Å²) in [6.07, 6.45) is 6.60. The Morgan fingerprint density at radius 3 is 2.44 bits per heavy atom.